The number of nitro groups is 1. The molecule has 1 fully saturated rings. The van der Waals surface area contributed by atoms with E-state index in [0.717, 1.165) is 19.6 Å². The molecule has 2 N–H and O–H groups in total. The first-order valence-electron chi connectivity index (χ1n) is 10.1. The quantitative estimate of drug-likeness (QED) is 0.511. The van der Waals surface area contributed by atoms with Gasteiger partial charge in [-0.2, -0.15) is 0 Å². The van der Waals surface area contributed by atoms with Crippen molar-refractivity contribution in [1.82, 2.24) is 10.2 Å². The molecule has 1 heterocycles. The molecule has 0 aromatic heterocycles. The highest BCUT2D eigenvalue weighted by atomic mass is 16.6. The Hall–Kier alpha value is -2.97. The Morgan fingerprint density at radius 2 is 2.03 bits per heavy atom. The molecule has 0 bridgehead atoms. The van der Waals surface area contributed by atoms with Gasteiger partial charge in [-0.3, -0.25) is 19.8 Å². The fourth-order valence-corrected chi connectivity index (χ4v) is 3.43. The first-order valence-corrected chi connectivity index (χ1v) is 10.1. The highest BCUT2D eigenvalue weighted by Crippen LogP contribution is 2.26. The van der Waals surface area contributed by atoms with Crippen molar-refractivity contribution in [3.8, 4) is 0 Å². The van der Waals surface area contributed by atoms with Crippen LogP contribution in [0.2, 0.25) is 0 Å². The van der Waals surface area contributed by atoms with Crippen LogP contribution in [-0.2, 0) is 11.3 Å². The van der Waals surface area contributed by atoms with E-state index in [9.17, 15) is 14.9 Å². The van der Waals surface area contributed by atoms with Gasteiger partial charge in [0.2, 0.25) is 0 Å². The summed E-state index contributed by atoms with van der Waals surface area (Å²) in [6, 6.07) is 14.7. The number of nitrogens with one attached hydrogen (secondary N) is 2. The second-order valence-electron chi connectivity index (χ2n) is 7.71. The van der Waals surface area contributed by atoms with Gasteiger partial charge in [0.1, 0.15) is 5.69 Å². The van der Waals surface area contributed by atoms with Crippen LogP contribution in [0.25, 0.3) is 0 Å². The molecule has 0 aliphatic carbocycles. The minimum Gasteiger partial charge on any atom is -0.377 e. The van der Waals surface area contributed by atoms with E-state index in [1.54, 1.807) is 12.1 Å². The van der Waals surface area contributed by atoms with Crippen LogP contribution in [0.3, 0.4) is 0 Å². The zero-order valence-corrected chi connectivity index (χ0v) is 17.3. The number of carbonyl (C=O) groups is 1. The van der Waals surface area contributed by atoms with Gasteiger partial charge in [0.15, 0.2) is 0 Å². The van der Waals surface area contributed by atoms with E-state index >= 15 is 0 Å². The number of rotatable bonds is 8. The van der Waals surface area contributed by atoms with Crippen LogP contribution in [0.15, 0.2) is 48.5 Å². The van der Waals surface area contributed by atoms with Gasteiger partial charge in [0.25, 0.3) is 11.6 Å². The van der Waals surface area contributed by atoms with Crippen molar-refractivity contribution >= 4 is 17.3 Å². The van der Waals surface area contributed by atoms with Crippen molar-refractivity contribution < 1.29 is 14.5 Å². The molecule has 160 valence electrons. The van der Waals surface area contributed by atoms with Crippen molar-refractivity contribution in [2.24, 2.45) is 0 Å². The summed E-state index contributed by atoms with van der Waals surface area (Å²) in [6.07, 6.45) is -0.0778. The van der Waals surface area contributed by atoms with Crippen LogP contribution in [-0.4, -0.2) is 54.1 Å². The second-order valence-corrected chi connectivity index (χ2v) is 7.71. The average Bonchev–Trinajstić information content (AvgIpc) is 2.72. The highest BCUT2D eigenvalue weighted by Gasteiger charge is 2.23. The van der Waals surface area contributed by atoms with Gasteiger partial charge in [-0.1, -0.05) is 30.3 Å². The lowest BCUT2D eigenvalue weighted by Gasteiger charge is -2.33. The smallest absolute Gasteiger partial charge is 0.293 e. The van der Waals surface area contributed by atoms with Crippen molar-refractivity contribution in [2.45, 2.75) is 32.5 Å². The minimum atomic E-state index is -0.474. The zero-order valence-electron chi connectivity index (χ0n) is 17.3. The Morgan fingerprint density at radius 3 is 2.73 bits per heavy atom. The number of morpholine rings is 1. The van der Waals surface area contributed by atoms with E-state index in [1.165, 1.54) is 11.6 Å². The maximum absolute atomic E-state index is 12.2. The number of ether oxygens (including phenoxy) is 1. The fourth-order valence-electron chi connectivity index (χ4n) is 3.43. The van der Waals surface area contributed by atoms with Gasteiger partial charge in [0, 0.05) is 43.9 Å². The third-order valence-corrected chi connectivity index (χ3v) is 4.87. The molecule has 1 atom stereocenters. The molecule has 1 amide bonds. The van der Waals surface area contributed by atoms with Crippen molar-refractivity contribution in [2.75, 3.05) is 31.6 Å². The summed E-state index contributed by atoms with van der Waals surface area (Å²) in [7, 11) is 0. The fraction of sp³-hybridized carbons (Fsp3) is 0.409. The van der Waals surface area contributed by atoms with Gasteiger partial charge in [-0.25, -0.2) is 0 Å². The van der Waals surface area contributed by atoms with Crippen LogP contribution >= 0.6 is 0 Å². The van der Waals surface area contributed by atoms with Crippen LogP contribution in [0.4, 0.5) is 11.4 Å². The van der Waals surface area contributed by atoms with Gasteiger partial charge in [-0.05, 0) is 31.5 Å². The number of benzene rings is 2. The standard InChI is InChI=1S/C22H28N4O4/c1-16(2)24-22(27)18-8-9-20(21(12-18)26(28)29)23-13-19-15-25(10-11-30-19)14-17-6-4-3-5-7-17/h3-9,12,16,19,23H,10-11,13-15H2,1-2H3,(H,24,27). The van der Waals surface area contributed by atoms with E-state index in [1.807, 2.05) is 32.0 Å². The summed E-state index contributed by atoms with van der Waals surface area (Å²) in [6.45, 7) is 7.19. The lowest BCUT2D eigenvalue weighted by molar-refractivity contribution is -0.384. The molecule has 1 aliphatic heterocycles. The Bertz CT molecular complexity index is 873. The van der Waals surface area contributed by atoms with E-state index in [4.69, 9.17) is 4.74 Å². The van der Waals surface area contributed by atoms with Crippen molar-refractivity contribution in [1.29, 1.82) is 0 Å². The topological polar surface area (TPSA) is 96.7 Å². The Labute approximate surface area is 176 Å². The number of carbonyl (C=O) groups excluding carboxylic acids is 1. The second kappa shape index (κ2) is 10.2. The van der Waals surface area contributed by atoms with Crippen molar-refractivity contribution in [3.63, 3.8) is 0 Å². The van der Waals surface area contributed by atoms with E-state index in [0.29, 0.717) is 18.8 Å². The molecule has 0 spiro atoms. The minimum absolute atomic E-state index is 0.0448. The number of hydrogen-bond acceptors (Lipinski definition) is 6. The van der Waals surface area contributed by atoms with E-state index < -0.39 is 4.92 Å². The predicted octanol–water partition coefficient (Wildman–Crippen LogP) is 3.05. The lowest BCUT2D eigenvalue weighted by Crippen LogP contribution is -2.44. The molecular formula is C22H28N4O4. The number of amides is 1. The van der Waals surface area contributed by atoms with Crippen LogP contribution < -0.4 is 10.6 Å². The Kier molecular flexibility index (Phi) is 7.37. The van der Waals surface area contributed by atoms with Gasteiger partial charge >= 0.3 is 0 Å². The molecule has 0 radical (unpaired) electrons. The summed E-state index contributed by atoms with van der Waals surface area (Å²) in [4.78, 5) is 25.5. The van der Waals surface area contributed by atoms with Crippen LogP contribution in [0.5, 0.6) is 0 Å². The molecule has 8 nitrogen and oxygen atoms in total. The summed E-state index contributed by atoms with van der Waals surface area (Å²) in [5, 5.41) is 17.4. The Balaban J connectivity index is 1.61. The molecule has 0 saturated carbocycles. The molecule has 30 heavy (non-hydrogen) atoms. The summed E-state index contributed by atoms with van der Waals surface area (Å²) < 4.78 is 5.84. The number of nitrogens with zero attached hydrogens (tertiary/aromatic N) is 2. The highest BCUT2D eigenvalue weighted by molar-refractivity contribution is 5.95. The summed E-state index contributed by atoms with van der Waals surface area (Å²) in [5.41, 5.74) is 1.77. The van der Waals surface area contributed by atoms with Gasteiger partial charge < -0.3 is 15.4 Å². The monoisotopic (exact) mass is 412 g/mol. The largest absolute Gasteiger partial charge is 0.377 e. The molecule has 8 heteroatoms. The summed E-state index contributed by atoms with van der Waals surface area (Å²) in [5.74, 6) is -0.327. The molecular weight excluding hydrogens is 384 g/mol. The molecule has 1 aliphatic rings. The van der Waals surface area contributed by atoms with Gasteiger partial charge in [0.05, 0.1) is 17.6 Å². The third-order valence-electron chi connectivity index (χ3n) is 4.87. The van der Waals surface area contributed by atoms with E-state index in [2.05, 4.69) is 27.7 Å². The maximum atomic E-state index is 12.2. The molecule has 1 unspecified atom stereocenters. The lowest BCUT2D eigenvalue weighted by atomic mass is 10.1. The van der Waals surface area contributed by atoms with E-state index in [-0.39, 0.29) is 29.3 Å². The zero-order chi connectivity index (χ0) is 21.5. The average molecular weight is 412 g/mol. The molecule has 3 rings (SSSR count). The van der Waals surface area contributed by atoms with Crippen LogP contribution in [0.1, 0.15) is 29.8 Å². The van der Waals surface area contributed by atoms with Crippen LogP contribution in [0, 0.1) is 10.1 Å². The summed E-state index contributed by atoms with van der Waals surface area (Å²) >= 11 is 0. The normalized spacial score (nSPS) is 17.0. The number of nitro benzene ring substituents is 1. The van der Waals surface area contributed by atoms with Crippen molar-refractivity contribution in [3.05, 3.63) is 69.8 Å². The predicted molar refractivity (Wildman–Crippen MR) is 116 cm³/mol. The third kappa shape index (κ3) is 6.01. The first-order chi connectivity index (χ1) is 14.4. The maximum Gasteiger partial charge on any atom is 0.293 e. The molecule has 1 saturated heterocycles. The number of hydrogen-bond donors (Lipinski definition) is 2. The molecule has 2 aromatic carbocycles. The molecule has 2 aromatic rings. The van der Waals surface area contributed by atoms with Gasteiger partial charge in [-0.15, -0.1) is 0 Å². The number of anilines is 1. The first kappa shape index (κ1) is 21.7. The Morgan fingerprint density at radius 1 is 1.27 bits per heavy atom. The SMILES string of the molecule is CC(C)NC(=O)c1ccc(NCC2CN(Cc3ccccc3)CCO2)c([N+](=O)[O-])c1.